The van der Waals surface area contributed by atoms with Crippen LogP contribution < -0.4 is 19.5 Å². The van der Waals surface area contributed by atoms with Crippen molar-refractivity contribution in [2.45, 2.75) is 0 Å². The molecule has 0 fully saturated rings. The molecule has 7 heteroatoms. The molecular formula is C22H22ClNO5. The molecule has 29 heavy (non-hydrogen) atoms. The number of hydrogen-bond donors (Lipinski definition) is 1. The molecule has 0 radical (unpaired) electrons. The molecule has 0 aliphatic heterocycles. The first-order valence-corrected chi connectivity index (χ1v) is 9.10. The maximum Gasteiger partial charge on any atom is 0.257 e. The highest BCUT2D eigenvalue weighted by Gasteiger charge is 2.08. The SMILES string of the molecule is C=C(Cl)COc1ccc(C(=O)/C=C/c2ccc(OCC(=O)NC)c(OC)c2)cc1. The quantitative estimate of drug-likeness (QED) is 0.471. The van der Waals surface area contributed by atoms with Gasteiger partial charge in [0.1, 0.15) is 12.4 Å². The first-order chi connectivity index (χ1) is 13.9. The number of carbonyl (C=O) groups excluding carboxylic acids is 2. The van der Waals surface area contributed by atoms with E-state index >= 15 is 0 Å². The molecule has 0 aromatic heterocycles. The highest BCUT2D eigenvalue weighted by atomic mass is 35.5. The number of rotatable bonds is 10. The monoisotopic (exact) mass is 415 g/mol. The summed E-state index contributed by atoms with van der Waals surface area (Å²) in [5.74, 6) is 1.10. The van der Waals surface area contributed by atoms with Gasteiger partial charge in [0.15, 0.2) is 23.9 Å². The van der Waals surface area contributed by atoms with Crippen molar-refractivity contribution in [1.29, 1.82) is 0 Å². The van der Waals surface area contributed by atoms with Crippen molar-refractivity contribution in [2.75, 3.05) is 27.4 Å². The average molecular weight is 416 g/mol. The molecule has 0 aliphatic rings. The second kappa shape index (κ2) is 10.9. The molecule has 0 saturated carbocycles. The summed E-state index contributed by atoms with van der Waals surface area (Å²) in [5, 5.41) is 2.87. The van der Waals surface area contributed by atoms with E-state index in [4.69, 9.17) is 25.8 Å². The molecule has 0 aliphatic carbocycles. The van der Waals surface area contributed by atoms with Gasteiger partial charge in [0.25, 0.3) is 5.91 Å². The summed E-state index contributed by atoms with van der Waals surface area (Å²) in [7, 11) is 3.04. The second-order valence-corrected chi connectivity index (χ2v) is 6.43. The zero-order chi connectivity index (χ0) is 21.2. The number of ether oxygens (including phenoxy) is 3. The van der Waals surface area contributed by atoms with Crippen LogP contribution in [-0.2, 0) is 4.79 Å². The maximum atomic E-state index is 12.4. The van der Waals surface area contributed by atoms with Gasteiger partial charge in [0, 0.05) is 17.6 Å². The molecule has 0 spiro atoms. The third-order valence-corrected chi connectivity index (χ3v) is 3.90. The van der Waals surface area contributed by atoms with Gasteiger partial charge in [0.05, 0.1) is 7.11 Å². The number of allylic oxidation sites excluding steroid dienone is 1. The lowest BCUT2D eigenvalue weighted by atomic mass is 10.1. The smallest absolute Gasteiger partial charge is 0.257 e. The zero-order valence-electron chi connectivity index (χ0n) is 16.2. The zero-order valence-corrected chi connectivity index (χ0v) is 17.0. The van der Waals surface area contributed by atoms with Crippen molar-refractivity contribution in [3.63, 3.8) is 0 Å². The van der Waals surface area contributed by atoms with Crippen LogP contribution in [0.1, 0.15) is 15.9 Å². The van der Waals surface area contributed by atoms with Gasteiger partial charge < -0.3 is 19.5 Å². The van der Waals surface area contributed by atoms with Crippen LogP contribution in [0.3, 0.4) is 0 Å². The molecule has 0 unspecified atom stereocenters. The lowest BCUT2D eigenvalue weighted by molar-refractivity contribution is -0.122. The Balaban J connectivity index is 2.03. The molecule has 152 valence electrons. The fourth-order valence-electron chi connectivity index (χ4n) is 2.27. The Hall–Kier alpha value is -3.25. The van der Waals surface area contributed by atoms with E-state index in [0.29, 0.717) is 27.8 Å². The third-order valence-electron chi connectivity index (χ3n) is 3.79. The topological polar surface area (TPSA) is 73.9 Å². The Labute approximate surface area is 174 Å². The van der Waals surface area contributed by atoms with Crippen LogP contribution in [0.15, 0.2) is 60.2 Å². The lowest BCUT2D eigenvalue weighted by Gasteiger charge is -2.10. The fourth-order valence-corrected chi connectivity index (χ4v) is 2.32. The minimum absolute atomic E-state index is 0.112. The van der Waals surface area contributed by atoms with E-state index < -0.39 is 0 Å². The first-order valence-electron chi connectivity index (χ1n) is 8.73. The molecule has 0 heterocycles. The first kappa shape index (κ1) is 22.0. The average Bonchev–Trinajstić information content (AvgIpc) is 2.74. The summed E-state index contributed by atoms with van der Waals surface area (Å²) in [4.78, 5) is 23.7. The van der Waals surface area contributed by atoms with Crippen LogP contribution in [0.2, 0.25) is 0 Å². The molecular weight excluding hydrogens is 394 g/mol. The van der Waals surface area contributed by atoms with Crippen molar-refractivity contribution in [3.05, 3.63) is 71.3 Å². The third kappa shape index (κ3) is 7.01. The Morgan fingerprint density at radius 2 is 1.79 bits per heavy atom. The number of carbonyl (C=O) groups is 2. The van der Waals surface area contributed by atoms with E-state index in [0.717, 1.165) is 5.56 Å². The van der Waals surface area contributed by atoms with E-state index in [-0.39, 0.29) is 24.9 Å². The molecule has 2 rings (SSSR count). The maximum absolute atomic E-state index is 12.4. The number of methoxy groups -OCH3 is 1. The number of ketones is 1. The molecule has 0 bridgehead atoms. The highest BCUT2D eigenvalue weighted by Crippen LogP contribution is 2.28. The number of likely N-dealkylation sites (N-methyl/N-ethyl adjacent to an activating group) is 1. The lowest BCUT2D eigenvalue weighted by Crippen LogP contribution is -2.24. The molecule has 1 amide bonds. The second-order valence-electron chi connectivity index (χ2n) is 5.90. The summed E-state index contributed by atoms with van der Waals surface area (Å²) < 4.78 is 16.1. The van der Waals surface area contributed by atoms with Crippen LogP contribution in [0.5, 0.6) is 17.2 Å². The van der Waals surface area contributed by atoms with Crippen molar-refractivity contribution in [3.8, 4) is 17.2 Å². The molecule has 1 N–H and O–H groups in total. The van der Waals surface area contributed by atoms with Gasteiger partial charge in [-0.15, -0.1) is 0 Å². The Bertz CT molecular complexity index is 906. The molecule has 2 aromatic carbocycles. The largest absolute Gasteiger partial charge is 0.493 e. The Morgan fingerprint density at radius 3 is 2.41 bits per heavy atom. The van der Waals surface area contributed by atoms with E-state index in [1.54, 1.807) is 48.5 Å². The predicted molar refractivity (Wildman–Crippen MR) is 113 cm³/mol. The van der Waals surface area contributed by atoms with Gasteiger partial charge in [-0.25, -0.2) is 0 Å². The number of nitrogens with one attached hydrogen (secondary N) is 1. The van der Waals surface area contributed by atoms with Crippen LogP contribution in [-0.4, -0.2) is 39.1 Å². The molecule has 0 saturated heterocycles. The minimum atomic E-state index is -0.245. The number of amides is 1. The van der Waals surface area contributed by atoms with Crippen molar-refractivity contribution >= 4 is 29.4 Å². The van der Waals surface area contributed by atoms with E-state index in [2.05, 4.69) is 11.9 Å². The van der Waals surface area contributed by atoms with Crippen molar-refractivity contribution in [1.82, 2.24) is 5.32 Å². The molecule has 2 aromatic rings. The summed E-state index contributed by atoms with van der Waals surface area (Å²) in [6, 6.07) is 11.9. The van der Waals surface area contributed by atoms with E-state index in [1.165, 1.54) is 20.2 Å². The number of hydrogen-bond acceptors (Lipinski definition) is 5. The van der Waals surface area contributed by atoms with Gasteiger partial charge in [-0.1, -0.05) is 30.3 Å². The fraction of sp³-hybridized carbons (Fsp3) is 0.182. The Kier molecular flexibility index (Phi) is 8.30. The van der Waals surface area contributed by atoms with Crippen molar-refractivity contribution in [2.24, 2.45) is 0 Å². The van der Waals surface area contributed by atoms with E-state index in [1.807, 2.05) is 0 Å². The summed E-state index contributed by atoms with van der Waals surface area (Å²) in [6.45, 7) is 3.65. The summed E-state index contributed by atoms with van der Waals surface area (Å²) >= 11 is 5.66. The molecule has 6 nitrogen and oxygen atoms in total. The summed E-state index contributed by atoms with van der Waals surface area (Å²) in [6.07, 6.45) is 3.14. The van der Waals surface area contributed by atoms with Crippen molar-refractivity contribution < 1.29 is 23.8 Å². The van der Waals surface area contributed by atoms with Gasteiger partial charge in [-0.2, -0.15) is 0 Å². The van der Waals surface area contributed by atoms with Crippen LogP contribution >= 0.6 is 11.6 Å². The van der Waals surface area contributed by atoms with Gasteiger partial charge in [-0.05, 0) is 48.0 Å². The van der Waals surface area contributed by atoms with Gasteiger partial charge in [0.2, 0.25) is 0 Å². The number of benzene rings is 2. The van der Waals surface area contributed by atoms with Crippen LogP contribution in [0, 0.1) is 0 Å². The van der Waals surface area contributed by atoms with Crippen LogP contribution in [0.4, 0.5) is 0 Å². The highest BCUT2D eigenvalue weighted by molar-refractivity contribution is 6.29. The number of halogens is 1. The normalized spacial score (nSPS) is 10.4. The standard InChI is InChI=1S/C22H22ClNO5/c1-15(23)13-28-18-8-6-17(7-9-18)19(25)10-4-16-5-11-20(21(12-16)27-3)29-14-22(26)24-2/h4-12H,1,13-14H2,2-3H3,(H,24,26)/b10-4+. The Morgan fingerprint density at radius 1 is 1.07 bits per heavy atom. The minimum Gasteiger partial charge on any atom is -0.493 e. The predicted octanol–water partition coefficient (Wildman–Crippen LogP) is 3.85. The van der Waals surface area contributed by atoms with E-state index in [9.17, 15) is 9.59 Å². The summed E-state index contributed by atoms with van der Waals surface area (Å²) in [5.41, 5.74) is 1.28. The van der Waals surface area contributed by atoms with Gasteiger partial charge >= 0.3 is 0 Å². The van der Waals surface area contributed by atoms with Gasteiger partial charge in [-0.3, -0.25) is 9.59 Å². The van der Waals surface area contributed by atoms with Crippen LogP contribution in [0.25, 0.3) is 6.08 Å². The molecule has 0 atom stereocenters.